The van der Waals surface area contributed by atoms with Crippen LogP contribution in [0.5, 0.6) is 5.75 Å². The molecule has 1 N–H and O–H groups in total. The van der Waals surface area contributed by atoms with Gasteiger partial charge in [0.05, 0.1) is 38.1 Å². The first-order valence-corrected chi connectivity index (χ1v) is 13.7. The number of methoxy groups -OCH3 is 1. The molecule has 2 aliphatic heterocycles. The molecule has 0 unspecified atom stereocenters. The number of hydrogen-bond acceptors (Lipinski definition) is 5. The summed E-state index contributed by atoms with van der Waals surface area (Å²) < 4.78 is 13.4. The van der Waals surface area contributed by atoms with E-state index in [9.17, 15) is 0 Å². The lowest BCUT2D eigenvalue weighted by Crippen LogP contribution is -2.36. The molecule has 8 heteroatoms. The van der Waals surface area contributed by atoms with Crippen molar-refractivity contribution in [2.45, 2.75) is 25.9 Å². The summed E-state index contributed by atoms with van der Waals surface area (Å²) in [6.07, 6.45) is 1.84. The van der Waals surface area contributed by atoms with Crippen molar-refractivity contribution in [3.63, 3.8) is 0 Å². The molecule has 0 bridgehead atoms. The number of benzene rings is 2. The monoisotopic (exact) mass is 539 g/mol. The molecule has 0 radical (unpaired) electrons. The molecule has 0 aliphatic carbocycles. The Morgan fingerprint density at radius 3 is 2.41 bits per heavy atom. The van der Waals surface area contributed by atoms with Gasteiger partial charge in [0.1, 0.15) is 5.75 Å². The molecule has 4 aromatic rings. The van der Waals surface area contributed by atoms with Gasteiger partial charge >= 0.3 is 0 Å². The molecule has 2 aromatic heterocycles. The van der Waals surface area contributed by atoms with Crippen LogP contribution in [0.4, 0.5) is 11.4 Å². The van der Waals surface area contributed by atoms with E-state index in [4.69, 9.17) is 26.7 Å². The molecule has 7 nitrogen and oxygen atoms in total. The summed E-state index contributed by atoms with van der Waals surface area (Å²) >= 11 is 5.93. The van der Waals surface area contributed by atoms with Crippen LogP contribution >= 0.6 is 12.2 Å². The number of rotatable bonds is 6. The average molecular weight is 540 g/mol. The van der Waals surface area contributed by atoms with E-state index in [1.165, 1.54) is 22.6 Å². The lowest BCUT2D eigenvalue weighted by Gasteiger charge is -2.29. The van der Waals surface area contributed by atoms with Crippen molar-refractivity contribution in [2.24, 2.45) is 0 Å². The number of thiocarbonyl (C=S) groups is 1. The van der Waals surface area contributed by atoms with Gasteiger partial charge in [-0.25, -0.2) is 0 Å². The lowest BCUT2D eigenvalue weighted by molar-refractivity contribution is 0.122. The predicted molar refractivity (Wildman–Crippen MR) is 159 cm³/mol. The Kier molecular flexibility index (Phi) is 6.97. The minimum absolute atomic E-state index is 0.0907. The molecule has 4 heterocycles. The zero-order valence-corrected chi connectivity index (χ0v) is 23.3. The van der Waals surface area contributed by atoms with E-state index in [-0.39, 0.29) is 12.1 Å². The summed E-state index contributed by atoms with van der Waals surface area (Å²) in [6.45, 7) is 7.76. The van der Waals surface area contributed by atoms with E-state index >= 15 is 0 Å². The molecule has 0 saturated carbocycles. The number of anilines is 2. The topological polar surface area (TPSA) is 54.8 Å². The van der Waals surface area contributed by atoms with E-state index < -0.39 is 0 Å². The molecule has 39 heavy (non-hydrogen) atoms. The highest BCUT2D eigenvalue weighted by atomic mass is 32.1. The van der Waals surface area contributed by atoms with Crippen molar-refractivity contribution < 1.29 is 9.47 Å². The van der Waals surface area contributed by atoms with Gasteiger partial charge in [0, 0.05) is 53.8 Å². The van der Waals surface area contributed by atoms with Crippen molar-refractivity contribution in [1.82, 2.24) is 14.9 Å². The predicted octanol–water partition coefficient (Wildman–Crippen LogP) is 5.51. The van der Waals surface area contributed by atoms with E-state index in [1.54, 1.807) is 7.11 Å². The third-order valence-corrected chi connectivity index (χ3v) is 8.02. The summed E-state index contributed by atoms with van der Waals surface area (Å²) in [7, 11) is 1.69. The van der Waals surface area contributed by atoms with Crippen LogP contribution in [0, 0.1) is 13.8 Å². The number of nitrogens with zero attached hydrogens (tertiary/aromatic N) is 4. The van der Waals surface area contributed by atoms with Gasteiger partial charge in [0.2, 0.25) is 0 Å². The largest absolute Gasteiger partial charge is 0.497 e. The van der Waals surface area contributed by atoms with Crippen LogP contribution in [-0.4, -0.2) is 48.1 Å². The second kappa shape index (κ2) is 10.7. The van der Waals surface area contributed by atoms with Crippen LogP contribution in [-0.2, 0) is 4.74 Å². The minimum Gasteiger partial charge on any atom is -0.497 e. The Bertz CT molecular complexity index is 1460. The Labute approximate surface area is 235 Å². The van der Waals surface area contributed by atoms with Crippen LogP contribution in [0.1, 0.15) is 34.7 Å². The maximum atomic E-state index is 5.93. The van der Waals surface area contributed by atoms with Gasteiger partial charge in [-0.1, -0.05) is 12.1 Å². The maximum Gasteiger partial charge on any atom is 0.174 e. The number of nitrogens with one attached hydrogen (secondary N) is 1. The van der Waals surface area contributed by atoms with Gasteiger partial charge in [0.25, 0.3) is 0 Å². The Morgan fingerprint density at radius 2 is 1.69 bits per heavy atom. The Balaban J connectivity index is 1.42. The smallest absolute Gasteiger partial charge is 0.174 e. The van der Waals surface area contributed by atoms with Crippen molar-refractivity contribution in [3.8, 4) is 11.4 Å². The van der Waals surface area contributed by atoms with Crippen molar-refractivity contribution in [3.05, 3.63) is 102 Å². The van der Waals surface area contributed by atoms with E-state index in [2.05, 4.69) is 76.0 Å². The van der Waals surface area contributed by atoms with E-state index in [0.717, 1.165) is 49.1 Å². The zero-order valence-electron chi connectivity index (χ0n) is 22.5. The van der Waals surface area contributed by atoms with E-state index in [0.29, 0.717) is 5.11 Å². The fourth-order valence-corrected chi connectivity index (χ4v) is 6.17. The lowest BCUT2D eigenvalue weighted by atomic mass is 9.96. The molecule has 0 spiro atoms. The minimum atomic E-state index is -0.109. The third kappa shape index (κ3) is 4.75. The SMILES string of the molecule is COc1cccc(N2C(=S)N[C@H](c3ccccn3)[C@@H]2c2cc(C)n(-c3ccc(N4CCOCC4)cc3)c2C)c1. The summed E-state index contributed by atoms with van der Waals surface area (Å²) in [5.41, 5.74) is 7.86. The van der Waals surface area contributed by atoms with Crippen LogP contribution in [0.25, 0.3) is 5.69 Å². The molecule has 2 aliphatic rings. The van der Waals surface area contributed by atoms with Gasteiger partial charge in [-0.2, -0.15) is 0 Å². The fourth-order valence-electron chi connectivity index (χ4n) is 5.83. The molecule has 2 aromatic carbocycles. The Morgan fingerprint density at radius 1 is 0.923 bits per heavy atom. The molecular formula is C31H33N5O2S. The second-order valence-electron chi connectivity index (χ2n) is 9.98. The summed E-state index contributed by atoms with van der Waals surface area (Å²) in [5, 5.41) is 4.24. The molecule has 0 amide bonds. The van der Waals surface area contributed by atoms with Gasteiger partial charge in [-0.15, -0.1) is 0 Å². The first-order chi connectivity index (χ1) is 19.0. The molecule has 200 valence electrons. The third-order valence-electron chi connectivity index (χ3n) is 7.70. The first-order valence-electron chi connectivity index (χ1n) is 13.3. The number of morpholine rings is 1. The summed E-state index contributed by atoms with van der Waals surface area (Å²) in [5.74, 6) is 0.793. The molecule has 2 saturated heterocycles. The van der Waals surface area contributed by atoms with Gasteiger partial charge in [-0.3, -0.25) is 4.98 Å². The van der Waals surface area contributed by atoms with Crippen LogP contribution < -0.4 is 19.9 Å². The van der Waals surface area contributed by atoms with Crippen LogP contribution in [0.15, 0.2) is 79.0 Å². The standard InChI is InChI=1S/C31H33N5O2S/c1-21-19-27(22(2)35(21)24-12-10-23(11-13-24)34-15-17-38-18-16-34)30-29(28-9-4-5-14-32-28)33-31(39)36(30)25-7-6-8-26(20-25)37-3/h4-14,19-20,29-30H,15-18H2,1-3H3,(H,33,39)/t29-,30+/m1/s1. The quantitative estimate of drug-likeness (QED) is 0.324. The summed E-state index contributed by atoms with van der Waals surface area (Å²) in [4.78, 5) is 9.29. The number of hydrogen-bond donors (Lipinski definition) is 1. The van der Waals surface area contributed by atoms with Gasteiger partial charge in [-0.05, 0) is 86.2 Å². The highest BCUT2D eigenvalue weighted by Gasteiger charge is 2.42. The number of pyridine rings is 1. The highest BCUT2D eigenvalue weighted by Crippen LogP contribution is 2.44. The normalized spacial score (nSPS) is 19.3. The number of aryl methyl sites for hydroxylation is 1. The van der Waals surface area contributed by atoms with Crippen molar-refractivity contribution >= 4 is 28.7 Å². The van der Waals surface area contributed by atoms with E-state index in [1.807, 2.05) is 36.5 Å². The second-order valence-corrected chi connectivity index (χ2v) is 10.4. The summed E-state index contributed by atoms with van der Waals surface area (Å²) in [6, 6.07) is 25.0. The van der Waals surface area contributed by atoms with Crippen molar-refractivity contribution in [2.75, 3.05) is 43.2 Å². The van der Waals surface area contributed by atoms with Crippen LogP contribution in [0.2, 0.25) is 0 Å². The first kappa shape index (κ1) is 25.4. The molecule has 6 rings (SSSR count). The zero-order chi connectivity index (χ0) is 26.9. The van der Waals surface area contributed by atoms with Crippen LogP contribution in [0.3, 0.4) is 0 Å². The maximum absolute atomic E-state index is 5.93. The molecule has 2 fully saturated rings. The number of aromatic nitrogens is 2. The van der Waals surface area contributed by atoms with Gasteiger partial charge in [0.15, 0.2) is 5.11 Å². The fraction of sp³-hybridized carbons (Fsp3) is 0.290. The molecule has 2 atom stereocenters. The van der Waals surface area contributed by atoms with Crippen molar-refractivity contribution in [1.29, 1.82) is 0 Å². The number of ether oxygens (including phenoxy) is 2. The Hall–Kier alpha value is -3.88. The molecular weight excluding hydrogens is 506 g/mol. The highest BCUT2D eigenvalue weighted by molar-refractivity contribution is 7.80. The average Bonchev–Trinajstić information content (AvgIpc) is 3.48. The van der Waals surface area contributed by atoms with Gasteiger partial charge < -0.3 is 29.2 Å².